The number of rotatable bonds is 5. The van der Waals surface area contributed by atoms with E-state index in [1.54, 1.807) is 0 Å². The van der Waals surface area contributed by atoms with Crippen LogP contribution in [0, 0.1) is 5.92 Å². The Kier molecular flexibility index (Phi) is 4.20. The molecule has 19 heavy (non-hydrogen) atoms. The van der Waals surface area contributed by atoms with Gasteiger partial charge < -0.3 is 10.4 Å². The average Bonchev–Trinajstić information content (AvgIpc) is 2.34. The number of nitrogens with one attached hydrogen (secondary N) is 1. The van der Waals surface area contributed by atoms with Gasteiger partial charge in [-0.25, -0.2) is 4.79 Å². The van der Waals surface area contributed by atoms with Crippen molar-refractivity contribution in [2.75, 3.05) is 0 Å². The lowest BCUT2D eigenvalue weighted by Crippen LogP contribution is -2.47. The van der Waals surface area contributed by atoms with E-state index in [-0.39, 0.29) is 17.7 Å². The number of carbonyl (C=O) groups excluding carboxylic acids is 1. The third-order valence-electron chi connectivity index (χ3n) is 3.87. The molecule has 4 nitrogen and oxygen atoms in total. The first-order chi connectivity index (χ1) is 9.09. The Morgan fingerprint density at radius 3 is 2.37 bits per heavy atom. The Hall–Kier alpha value is -1.84. The van der Waals surface area contributed by atoms with Gasteiger partial charge in [0.05, 0.1) is 0 Å². The molecule has 4 heteroatoms. The van der Waals surface area contributed by atoms with Crippen molar-refractivity contribution in [1.82, 2.24) is 5.32 Å². The van der Waals surface area contributed by atoms with Gasteiger partial charge in [0.1, 0.15) is 6.04 Å². The lowest BCUT2D eigenvalue weighted by Gasteiger charge is -2.28. The van der Waals surface area contributed by atoms with Crippen LogP contribution in [0.25, 0.3) is 0 Å². The number of hydrogen-bond donors (Lipinski definition) is 2. The summed E-state index contributed by atoms with van der Waals surface area (Å²) >= 11 is 0. The fourth-order valence-electron chi connectivity index (χ4n) is 2.29. The largest absolute Gasteiger partial charge is 0.480 e. The number of benzene rings is 1. The highest BCUT2D eigenvalue weighted by Gasteiger charge is 2.32. The second kappa shape index (κ2) is 5.87. The molecule has 1 aromatic carbocycles. The number of aliphatic carboxylic acids is 1. The minimum absolute atomic E-state index is 0.00447. The van der Waals surface area contributed by atoms with Crippen LogP contribution in [0.3, 0.4) is 0 Å². The quantitative estimate of drug-likeness (QED) is 0.853. The summed E-state index contributed by atoms with van der Waals surface area (Å²) in [5.41, 5.74) is 0.920. The molecular weight excluding hydrogens is 242 g/mol. The first-order valence-corrected chi connectivity index (χ1v) is 6.67. The Bertz CT molecular complexity index is 454. The minimum Gasteiger partial charge on any atom is -0.480 e. The number of amides is 1. The summed E-state index contributed by atoms with van der Waals surface area (Å²) in [7, 11) is 0. The number of hydrogen-bond acceptors (Lipinski definition) is 2. The molecule has 1 aliphatic carbocycles. The third-order valence-corrected chi connectivity index (χ3v) is 3.87. The maximum absolute atomic E-state index is 11.9. The molecule has 0 spiro atoms. The van der Waals surface area contributed by atoms with Crippen molar-refractivity contribution in [3.63, 3.8) is 0 Å². The van der Waals surface area contributed by atoms with Crippen LogP contribution in [0.1, 0.15) is 37.7 Å². The summed E-state index contributed by atoms with van der Waals surface area (Å²) in [6.07, 6.45) is 2.81. The summed E-state index contributed by atoms with van der Waals surface area (Å²) in [4.78, 5) is 23.3. The van der Waals surface area contributed by atoms with Gasteiger partial charge in [0, 0.05) is 11.8 Å². The highest BCUT2D eigenvalue weighted by atomic mass is 16.4. The van der Waals surface area contributed by atoms with Crippen molar-refractivity contribution in [3.8, 4) is 0 Å². The molecule has 102 valence electrons. The van der Waals surface area contributed by atoms with Crippen molar-refractivity contribution < 1.29 is 14.7 Å². The van der Waals surface area contributed by atoms with E-state index in [9.17, 15) is 14.7 Å². The minimum atomic E-state index is -0.982. The predicted octanol–water partition coefficient (Wildman–Crippen LogP) is 2.16. The molecule has 2 N–H and O–H groups in total. The summed E-state index contributed by atoms with van der Waals surface area (Å²) in [5, 5.41) is 12.0. The molecule has 2 rings (SSSR count). The predicted molar refractivity (Wildman–Crippen MR) is 71.8 cm³/mol. The molecule has 0 bridgehead atoms. The van der Waals surface area contributed by atoms with Gasteiger partial charge in [-0.3, -0.25) is 4.79 Å². The van der Waals surface area contributed by atoms with Crippen LogP contribution in [0.2, 0.25) is 0 Å². The molecule has 0 aliphatic heterocycles. The highest BCUT2D eigenvalue weighted by Crippen LogP contribution is 2.27. The third kappa shape index (κ3) is 3.13. The van der Waals surface area contributed by atoms with Gasteiger partial charge in [0.2, 0.25) is 5.91 Å². The topological polar surface area (TPSA) is 66.4 Å². The summed E-state index contributed by atoms with van der Waals surface area (Å²) in [5.74, 6) is -1.35. The van der Waals surface area contributed by atoms with Crippen LogP contribution in [0.5, 0.6) is 0 Å². The van der Waals surface area contributed by atoms with Gasteiger partial charge in [0.25, 0.3) is 0 Å². The lowest BCUT2D eigenvalue weighted by molar-refractivity contribution is -0.143. The molecule has 0 aromatic heterocycles. The van der Waals surface area contributed by atoms with Crippen LogP contribution >= 0.6 is 0 Å². The van der Waals surface area contributed by atoms with E-state index >= 15 is 0 Å². The van der Waals surface area contributed by atoms with Crippen molar-refractivity contribution in [2.24, 2.45) is 5.92 Å². The average molecular weight is 261 g/mol. The summed E-state index contributed by atoms with van der Waals surface area (Å²) < 4.78 is 0. The second-order valence-corrected chi connectivity index (χ2v) is 5.15. The van der Waals surface area contributed by atoms with Crippen LogP contribution in [0.15, 0.2) is 30.3 Å². The van der Waals surface area contributed by atoms with Crippen LogP contribution < -0.4 is 5.32 Å². The molecule has 1 amide bonds. The van der Waals surface area contributed by atoms with Gasteiger partial charge in [-0.05, 0) is 18.4 Å². The number of carbonyl (C=O) groups is 2. The van der Waals surface area contributed by atoms with Gasteiger partial charge in [-0.1, -0.05) is 43.7 Å². The molecule has 1 aliphatic rings. The molecule has 0 saturated heterocycles. The Labute approximate surface area is 112 Å². The molecular formula is C15H19NO3. The summed E-state index contributed by atoms with van der Waals surface area (Å²) in [6, 6.07) is 8.54. The number of carboxylic acids is 1. The SMILES string of the molecule is CC(c1ccccc1)C(NC(=O)C1CCC1)C(=O)O. The second-order valence-electron chi connectivity index (χ2n) is 5.15. The maximum atomic E-state index is 11.9. The normalized spacial score (nSPS) is 18.2. The van der Waals surface area contributed by atoms with Crippen molar-refractivity contribution in [2.45, 2.75) is 38.1 Å². The first kappa shape index (κ1) is 13.6. The zero-order chi connectivity index (χ0) is 13.8. The molecule has 0 heterocycles. The van der Waals surface area contributed by atoms with E-state index in [0.29, 0.717) is 0 Å². The highest BCUT2D eigenvalue weighted by molar-refractivity contribution is 5.86. The number of carboxylic acid groups (broad SMARTS) is 1. The molecule has 0 radical (unpaired) electrons. The maximum Gasteiger partial charge on any atom is 0.326 e. The van der Waals surface area contributed by atoms with E-state index < -0.39 is 12.0 Å². The van der Waals surface area contributed by atoms with E-state index in [1.807, 2.05) is 37.3 Å². The zero-order valence-corrected chi connectivity index (χ0v) is 11.0. The van der Waals surface area contributed by atoms with E-state index in [1.165, 1.54) is 0 Å². The molecule has 2 unspecified atom stereocenters. The van der Waals surface area contributed by atoms with Crippen molar-refractivity contribution in [1.29, 1.82) is 0 Å². The van der Waals surface area contributed by atoms with Crippen LogP contribution in [-0.4, -0.2) is 23.0 Å². The fraction of sp³-hybridized carbons (Fsp3) is 0.467. The van der Waals surface area contributed by atoms with Gasteiger partial charge in [-0.2, -0.15) is 0 Å². The van der Waals surface area contributed by atoms with Crippen LogP contribution in [-0.2, 0) is 9.59 Å². The molecule has 1 fully saturated rings. The smallest absolute Gasteiger partial charge is 0.326 e. The first-order valence-electron chi connectivity index (χ1n) is 6.67. The van der Waals surface area contributed by atoms with E-state index in [0.717, 1.165) is 24.8 Å². The van der Waals surface area contributed by atoms with Gasteiger partial charge in [-0.15, -0.1) is 0 Å². The summed E-state index contributed by atoms with van der Waals surface area (Å²) in [6.45, 7) is 1.83. The van der Waals surface area contributed by atoms with E-state index in [2.05, 4.69) is 5.32 Å². The Morgan fingerprint density at radius 1 is 1.26 bits per heavy atom. The standard InChI is InChI=1S/C15H19NO3/c1-10(11-6-3-2-4-7-11)13(15(18)19)16-14(17)12-8-5-9-12/h2-4,6-7,10,12-13H,5,8-9H2,1H3,(H,16,17)(H,18,19). The van der Waals surface area contributed by atoms with Crippen LogP contribution in [0.4, 0.5) is 0 Å². The Balaban J connectivity index is 2.07. The van der Waals surface area contributed by atoms with Crippen molar-refractivity contribution >= 4 is 11.9 Å². The van der Waals surface area contributed by atoms with Crippen molar-refractivity contribution in [3.05, 3.63) is 35.9 Å². The lowest BCUT2D eigenvalue weighted by atomic mass is 9.84. The van der Waals surface area contributed by atoms with E-state index in [4.69, 9.17) is 0 Å². The molecule has 1 saturated carbocycles. The molecule has 2 atom stereocenters. The molecule has 1 aromatic rings. The zero-order valence-electron chi connectivity index (χ0n) is 11.0. The van der Waals surface area contributed by atoms with Gasteiger partial charge in [0.15, 0.2) is 0 Å². The van der Waals surface area contributed by atoms with Gasteiger partial charge >= 0.3 is 5.97 Å². The Morgan fingerprint density at radius 2 is 1.89 bits per heavy atom. The fourth-order valence-corrected chi connectivity index (χ4v) is 2.29. The monoisotopic (exact) mass is 261 g/mol.